The summed E-state index contributed by atoms with van der Waals surface area (Å²) in [5.74, 6) is 0.724. The summed E-state index contributed by atoms with van der Waals surface area (Å²) in [6.07, 6.45) is 11.1. The minimum Gasteiger partial charge on any atom is -0.346 e. The number of aromatic amines is 1. The first-order valence-corrected chi connectivity index (χ1v) is 11.6. The Morgan fingerprint density at radius 1 is 1.23 bits per heavy atom. The van der Waals surface area contributed by atoms with E-state index in [2.05, 4.69) is 49.0 Å². The van der Waals surface area contributed by atoms with Crippen LogP contribution in [0.15, 0.2) is 54.0 Å². The number of hydrogen-bond acceptors (Lipinski definition) is 6. The van der Waals surface area contributed by atoms with Crippen LogP contribution in [-0.2, 0) is 0 Å². The highest BCUT2D eigenvalue weighted by Gasteiger charge is 2.20. The number of piperidine rings is 1. The normalized spacial score (nSPS) is 15.4. The topological polar surface area (TPSA) is 104 Å². The van der Waals surface area contributed by atoms with Crippen molar-refractivity contribution in [3.63, 3.8) is 0 Å². The molecule has 178 valence electrons. The van der Waals surface area contributed by atoms with Gasteiger partial charge in [-0.1, -0.05) is 12.1 Å². The first kappa shape index (κ1) is 22.7. The van der Waals surface area contributed by atoms with Crippen molar-refractivity contribution in [2.24, 2.45) is 4.99 Å². The molecule has 0 bridgehead atoms. The molecule has 4 heterocycles. The summed E-state index contributed by atoms with van der Waals surface area (Å²) >= 11 is 0. The third-order valence-corrected chi connectivity index (χ3v) is 6.48. The lowest BCUT2D eigenvalue weighted by Gasteiger charge is -2.28. The number of aromatic nitrogens is 5. The number of H-pyrrole nitrogens is 1. The minimum absolute atomic E-state index is 0.261. The van der Waals surface area contributed by atoms with Crippen LogP contribution in [0.4, 0.5) is 11.8 Å². The average Bonchev–Trinajstić information content (AvgIpc) is 3.54. The summed E-state index contributed by atoms with van der Waals surface area (Å²) in [7, 11) is 2.13. The van der Waals surface area contributed by atoms with Gasteiger partial charge in [0.15, 0.2) is 0 Å². The van der Waals surface area contributed by atoms with Crippen molar-refractivity contribution in [3.8, 4) is 0 Å². The number of hydrogen-bond donors (Lipinski definition) is 2. The second-order valence-corrected chi connectivity index (χ2v) is 8.93. The highest BCUT2D eigenvalue weighted by molar-refractivity contribution is 6.03. The Morgan fingerprint density at radius 3 is 2.86 bits per heavy atom. The molecule has 1 aliphatic rings. The first-order chi connectivity index (χ1) is 17.0. The van der Waals surface area contributed by atoms with Gasteiger partial charge in [0.05, 0.1) is 23.3 Å². The second kappa shape index (κ2) is 9.63. The highest BCUT2D eigenvalue weighted by Crippen LogP contribution is 2.26. The van der Waals surface area contributed by atoms with Crippen LogP contribution in [0.3, 0.4) is 0 Å². The third-order valence-electron chi connectivity index (χ3n) is 6.48. The van der Waals surface area contributed by atoms with E-state index in [1.165, 1.54) is 0 Å². The molecular weight excluding hydrogens is 440 g/mol. The largest absolute Gasteiger partial charge is 0.346 e. The van der Waals surface area contributed by atoms with Crippen molar-refractivity contribution >= 4 is 46.9 Å². The molecule has 0 spiro atoms. The molecule has 0 unspecified atom stereocenters. The minimum atomic E-state index is -0.271. The fourth-order valence-electron chi connectivity index (χ4n) is 4.36. The van der Waals surface area contributed by atoms with Crippen molar-refractivity contribution in [1.29, 1.82) is 0 Å². The number of carbonyl (C=O) groups is 1. The van der Waals surface area contributed by atoms with Gasteiger partial charge in [0.1, 0.15) is 5.82 Å². The average molecular weight is 469 g/mol. The number of allylic oxidation sites excluding steroid dienone is 1. The van der Waals surface area contributed by atoms with Crippen LogP contribution in [0.25, 0.3) is 22.6 Å². The maximum atomic E-state index is 12.8. The monoisotopic (exact) mass is 468 g/mol. The Morgan fingerprint density at radius 2 is 2.06 bits per heavy atom. The fourth-order valence-corrected chi connectivity index (χ4v) is 4.36. The summed E-state index contributed by atoms with van der Waals surface area (Å²) < 4.78 is 1.91. The van der Waals surface area contributed by atoms with Crippen LogP contribution in [0.2, 0.25) is 0 Å². The van der Waals surface area contributed by atoms with Crippen LogP contribution in [0.1, 0.15) is 47.3 Å². The lowest BCUT2D eigenvalue weighted by Crippen LogP contribution is -2.31. The second-order valence-electron chi connectivity index (χ2n) is 8.93. The predicted octanol–water partition coefficient (Wildman–Crippen LogP) is 4.57. The number of carbonyl (C=O) groups excluding carboxylic acids is 1. The van der Waals surface area contributed by atoms with Crippen LogP contribution < -0.4 is 5.32 Å². The van der Waals surface area contributed by atoms with Crippen LogP contribution in [0, 0.1) is 0 Å². The number of nitrogens with zero attached hydrogens (tertiary/aromatic N) is 6. The predicted molar refractivity (Wildman–Crippen MR) is 139 cm³/mol. The summed E-state index contributed by atoms with van der Waals surface area (Å²) in [5.41, 5.74) is 4.29. The molecule has 1 fully saturated rings. The van der Waals surface area contributed by atoms with Crippen LogP contribution in [0.5, 0.6) is 0 Å². The van der Waals surface area contributed by atoms with Crippen molar-refractivity contribution in [3.05, 3.63) is 65.7 Å². The van der Waals surface area contributed by atoms with E-state index in [1.807, 2.05) is 54.3 Å². The summed E-state index contributed by atoms with van der Waals surface area (Å²) in [6, 6.07) is 8.27. The Kier molecular flexibility index (Phi) is 6.24. The summed E-state index contributed by atoms with van der Waals surface area (Å²) in [4.78, 5) is 31.1. The van der Waals surface area contributed by atoms with Gasteiger partial charge in [-0.2, -0.15) is 5.10 Å². The van der Waals surface area contributed by atoms with E-state index in [0.717, 1.165) is 59.4 Å². The molecule has 2 N–H and O–H groups in total. The van der Waals surface area contributed by atoms with Crippen LogP contribution in [-0.4, -0.2) is 62.4 Å². The molecular formula is C26H28N8O. The Labute approximate surface area is 203 Å². The number of likely N-dealkylation sites (tertiary alicyclic amines) is 1. The van der Waals surface area contributed by atoms with Gasteiger partial charge >= 0.3 is 0 Å². The molecule has 1 saturated heterocycles. The van der Waals surface area contributed by atoms with Gasteiger partial charge < -0.3 is 9.88 Å². The molecule has 9 nitrogen and oxygen atoms in total. The summed E-state index contributed by atoms with van der Waals surface area (Å²) in [6.45, 7) is 7.70. The maximum Gasteiger partial charge on any atom is 0.261 e. The van der Waals surface area contributed by atoms with Crippen LogP contribution >= 0.6 is 0 Å². The quantitative estimate of drug-likeness (QED) is 0.404. The van der Waals surface area contributed by atoms with Gasteiger partial charge in [0, 0.05) is 29.5 Å². The van der Waals surface area contributed by atoms with Crippen molar-refractivity contribution in [2.75, 3.05) is 25.5 Å². The zero-order valence-electron chi connectivity index (χ0n) is 19.9. The lowest BCUT2D eigenvalue weighted by atomic mass is 10.0. The fraction of sp³-hybridized carbons (Fsp3) is 0.269. The molecule has 35 heavy (non-hydrogen) atoms. The molecule has 0 radical (unpaired) electrons. The lowest BCUT2D eigenvalue weighted by molar-refractivity contribution is 0.102. The van der Waals surface area contributed by atoms with E-state index < -0.39 is 0 Å². The van der Waals surface area contributed by atoms with E-state index >= 15 is 0 Å². The standard InChI is InChI=1S/C26H28N8O/c1-17(12-19-6-9-28-24(19)27-2)18-4-5-20-14-29-26(31-23(20)13-18)32-25(35)21-15-30-34(16-21)22-7-10-33(3)11-8-22/h4-6,9,12-16,22,28H,2,7-8,10-11H2,1,3H3,(H,29,31,32,35)/b17-12+. The maximum absolute atomic E-state index is 12.8. The molecule has 9 heteroatoms. The molecule has 1 amide bonds. The van der Waals surface area contributed by atoms with E-state index in [1.54, 1.807) is 12.4 Å². The Hall–Kier alpha value is -4.11. The molecule has 5 rings (SSSR count). The smallest absolute Gasteiger partial charge is 0.261 e. The highest BCUT2D eigenvalue weighted by atomic mass is 16.1. The number of rotatable bonds is 6. The van der Waals surface area contributed by atoms with E-state index in [-0.39, 0.29) is 11.9 Å². The van der Waals surface area contributed by atoms with E-state index in [0.29, 0.717) is 11.6 Å². The number of aliphatic imine (C=N–C) groups is 1. The zero-order chi connectivity index (χ0) is 24.4. The number of amides is 1. The molecule has 3 aromatic heterocycles. The number of fused-ring (bicyclic) bond motifs is 1. The molecule has 1 aromatic carbocycles. The SMILES string of the molecule is C=Nc1[nH]ccc1/C=C(\C)c1ccc2cnc(NC(=O)c3cnn(C4CCN(C)CC4)c3)nc2c1. The molecule has 4 aromatic rings. The summed E-state index contributed by atoms with van der Waals surface area (Å²) in [5, 5.41) is 8.13. The molecule has 0 aliphatic carbocycles. The van der Waals surface area contributed by atoms with Crippen molar-refractivity contribution in [1.82, 2.24) is 29.6 Å². The number of nitrogens with one attached hydrogen (secondary N) is 2. The van der Waals surface area contributed by atoms with Crippen molar-refractivity contribution < 1.29 is 4.79 Å². The van der Waals surface area contributed by atoms with Gasteiger partial charge in [0.25, 0.3) is 5.91 Å². The van der Waals surface area contributed by atoms with Gasteiger partial charge in [-0.05, 0) is 76.0 Å². The van der Waals surface area contributed by atoms with Gasteiger partial charge in [-0.25, -0.2) is 15.0 Å². The van der Waals surface area contributed by atoms with E-state index in [4.69, 9.17) is 0 Å². The van der Waals surface area contributed by atoms with Crippen molar-refractivity contribution in [2.45, 2.75) is 25.8 Å². The number of benzene rings is 1. The number of anilines is 1. The van der Waals surface area contributed by atoms with E-state index in [9.17, 15) is 4.79 Å². The van der Waals surface area contributed by atoms with Gasteiger partial charge in [-0.3, -0.25) is 14.8 Å². The molecule has 0 saturated carbocycles. The third kappa shape index (κ3) is 4.90. The zero-order valence-corrected chi connectivity index (χ0v) is 19.9. The molecule has 1 aliphatic heterocycles. The molecule has 0 atom stereocenters. The Bertz CT molecular complexity index is 1410. The first-order valence-electron chi connectivity index (χ1n) is 11.6. The Balaban J connectivity index is 1.33. The van der Waals surface area contributed by atoms with Gasteiger partial charge in [0.2, 0.25) is 5.95 Å². The van der Waals surface area contributed by atoms with Gasteiger partial charge in [-0.15, -0.1) is 0 Å².